The quantitative estimate of drug-likeness (QED) is 0.414. The third kappa shape index (κ3) is 3.52. The van der Waals surface area contributed by atoms with E-state index in [4.69, 9.17) is 28.9 Å². The van der Waals surface area contributed by atoms with E-state index in [-0.39, 0.29) is 27.2 Å². The number of thiazole rings is 1. The van der Waals surface area contributed by atoms with Gasteiger partial charge in [-0.1, -0.05) is 40.6 Å². The van der Waals surface area contributed by atoms with E-state index >= 15 is 0 Å². The van der Waals surface area contributed by atoms with E-state index in [1.807, 2.05) is 24.3 Å². The Morgan fingerprint density at radius 2 is 1.75 bits per heavy atom. The Morgan fingerprint density at radius 1 is 1.12 bits per heavy atom. The van der Waals surface area contributed by atoms with Gasteiger partial charge in [-0.05, 0) is 36.4 Å². The number of nitrogens with two attached hydrogens (primary N) is 1. The largest absolute Gasteiger partial charge is 0.382 e. The molecule has 0 saturated carbocycles. The highest BCUT2D eigenvalue weighted by Crippen LogP contribution is 2.33. The number of hydrogen-bond donors (Lipinski definition) is 3. The molecule has 0 bridgehead atoms. The molecule has 0 saturated heterocycles. The first-order valence-corrected chi connectivity index (χ1v) is 8.78. The van der Waals surface area contributed by atoms with Gasteiger partial charge < -0.3 is 11.1 Å². The lowest BCUT2D eigenvalue weighted by molar-refractivity contribution is 0.104. The number of benzene rings is 2. The summed E-state index contributed by atoms with van der Waals surface area (Å²) in [5.41, 5.74) is 6.94. The van der Waals surface area contributed by atoms with Crippen LogP contribution in [0, 0.1) is 0 Å². The Labute approximate surface area is 158 Å². The minimum Gasteiger partial charge on any atom is -0.382 e. The molecule has 2 aromatic carbocycles. The number of ketones is 1. The zero-order valence-corrected chi connectivity index (χ0v) is 15.3. The molecule has 3 rings (SSSR count). The highest BCUT2D eigenvalue weighted by molar-refractivity contribution is 7.80. The van der Waals surface area contributed by atoms with E-state index in [2.05, 4.69) is 22.9 Å². The first-order chi connectivity index (χ1) is 11.5. The Balaban J connectivity index is 1.91. The molecule has 24 heavy (non-hydrogen) atoms. The number of aromatic nitrogens is 1. The van der Waals surface area contributed by atoms with Gasteiger partial charge in [0.15, 0.2) is 5.13 Å². The summed E-state index contributed by atoms with van der Waals surface area (Å²) < 4.78 is 0. The van der Waals surface area contributed by atoms with Crippen LogP contribution in [0.4, 0.5) is 16.6 Å². The highest BCUT2D eigenvalue weighted by atomic mass is 35.5. The van der Waals surface area contributed by atoms with Gasteiger partial charge in [0.05, 0.1) is 15.6 Å². The summed E-state index contributed by atoms with van der Waals surface area (Å²) in [5, 5.41) is 4.16. The predicted octanol–water partition coefficient (Wildman–Crippen LogP) is 5.30. The number of carbonyl (C=O) groups excluding carboxylic acids is 1. The topological polar surface area (TPSA) is 68.0 Å². The Hall–Kier alpha value is -1.73. The maximum Gasteiger partial charge on any atom is 0.209 e. The second-order valence-corrected chi connectivity index (χ2v) is 7.16. The average Bonchev–Trinajstić information content (AvgIpc) is 2.90. The number of anilines is 3. The molecular weight excluding hydrogens is 385 g/mol. The second kappa shape index (κ2) is 7.03. The molecule has 0 unspecified atom stereocenters. The van der Waals surface area contributed by atoms with Gasteiger partial charge in [-0.25, -0.2) is 4.98 Å². The maximum absolute atomic E-state index is 12.7. The van der Waals surface area contributed by atoms with E-state index in [0.29, 0.717) is 10.0 Å². The average molecular weight is 396 g/mol. The number of thiol groups is 1. The van der Waals surface area contributed by atoms with Crippen LogP contribution in [-0.2, 0) is 0 Å². The molecular formula is C16H11Cl2N3OS2. The molecule has 3 N–H and O–H groups in total. The van der Waals surface area contributed by atoms with Crippen molar-refractivity contribution in [3.63, 3.8) is 0 Å². The molecule has 0 spiro atoms. The summed E-state index contributed by atoms with van der Waals surface area (Å²) in [6, 6.07) is 12.3. The van der Waals surface area contributed by atoms with Gasteiger partial charge in [0.2, 0.25) is 5.78 Å². The monoisotopic (exact) mass is 395 g/mol. The fourth-order valence-electron chi connectivity index (χ4n) is 2.04. The van der Waals surface area contributed by atoms with Crippen molar-refractivity contribution in [3.05, 3.63) is 63.0 Å². The van der Waals surface area contributed by atoms with Crippen molar-refractivity contribution >= 4 is 69.6 Å². The summed E-state index contributed by atoms with van der Waals surface area (Å²) in [4.78, 5) is 18.0. The number of halogens is 2. The van der Waals surface area contributed by atoms with E-state index in [9.17, 15) is 4.79 Å². The molecule has 0 atom stereocenters. The Morgan fingerprint density at radius 3 is 2.38 bits per heavy atom. The first-order valence-electron chi connectivity index (χ1n) is 6.77. The van der Waals surface area contributed by atoms with Crippen LogP contribution in [0.5, 0.6) is 0 Å². The van der Waals surface area contributed by atoms with E-state index in [1.54, 1.807) is 18.2 Å². The summed E-state index contributed by atoms with van der Waals surface area (Å²) in [6.45, 7) is 0. The number of nitrogen functional groups attached to an aromatic ring is 1. The predicted molar refractivity (Wildman–Crippen MR) is 103 cm³/mol. The minimum absolute atomic E-state index is 0.134. The highest BCUT2D eigenvalue weighted by Gasteiger charge is 2.22. The number of hydrogen-bond acceptors (Lipinski definition) is 6. The minimum atomic E-state index is -0.348. The molecule has 122 valence electrons. The lowest BCUT2D eigenvalue weighted by Crippen LogP contribution is -2.04. The van der Waals surface area contributed by atoms with Crippen LogP contribution in [0.3, 0.4) is 0 Å². The molecule has 0 aliphatic heterocycles. The van der Waals surface area contributed by atoms with Gasteiger partial charge in [-0.3, -0.25) is 4.79 Å². The SMILES string of the molecule is Nc1nc(Nc2ccc(S)cc2)sc1C(=O)c1c(Cl)cccc1Cl. The van der Waals surface area contributed by atoms with E-state index < -0.39 is 0 Å². The number of rotatable bonds is 4. The van der Waals surface area contributed by atoms with Crippen molar-refractivity contribution in [2.24, 2.45) is 0 Å². The second-order valence-electron chi connectivity index (χ2n) is 4.83. The fourth-order valence-corrected chi connectivity index (χ4v) is 3.61. The van der Waals surface area contributed by atoms with Crippen molar-refractivity contribution in [1.82, 2.24) is 4.98 Å². The summed E-state index contributed by atoms with van der Waals surface area (Å²) in [7, 11) is 0. The van der Waals surface area contributed by atoms with Gasteiger partial charge in [-0.2, -0.15) is 0 Å². The smallest absolute Gasteiger partial charge is 0.209 e. The first kappa shape index (κ1) is 17.1. The van der Waals surface area contributed by atoms with Crippen LogP contribution in [0.2, 0.25) is 10.0 Å². The molecule has 0 amide bonds. The molecule has 1 aromatic heterocycles. The van der Waals surface area contributed by atoms with E-state index in [0.717, 1.165) is 21.9 Å². The third-order valence-electron chi connectivity index (χ3n) is 3.17. The number of carbonyl (C=O) groups is 1. The lowest BCUT2D eigenvalue weighted by atomic mass is 10.1. The van der Waals surface area contributed by atoms with Crippen molar-refractivity contribution in [1.29, 1.82) is 0 Å². The lowest BCUT2D eigenvalue weighted by Gasteiger charge is -2.04. The molecule has 4 nitrogen and oxygen atoms in total. The molecule has 0 radical (unpaired) electrons. The fraction of sp³-hybridized carbons (Fsp3) is 0. The van der Waals surface area contributed by atoms with Crippen LogP contribution in [-0.4, -0.2) is 10.8 Å². The van der Waals surface area contributed by atoms with Crippen LogP contribution in [0.15, 0.2) is 47.4 Å². The molecule has 1 heterocycles. The summed E-state index contributed by atoms with van der Waals surface area (Å²) in [6.07, 6.45) is 0. The van der Waals surface area contributed by atoms with Crippen molar-refractivity contribution in [3.8, 4) is 0 Å². The zero-order chi connectivity index (χ0) is 17.3. The van der Waals surface area contributed by atoms with Gasteiger partial charge in [0, 0.05) is 10.6 Å². The molecule has 8 heteroatoms. The van der Waals surface area contributed by atoms with Gasteiger partial charge in [-0.15, -0.1) is 12.6 Å². The Bertz CT molecular complexity index is 890. The Kier molecular flexibility index (Phi) is 5.01. The van der Waals surface area contributed by atoms with Gasteiger partial charge in [0.1, 0.15) is 10.7 Å². The van der Waals surface area contributed by atoms with Crippen LogP contribution in [0.25, 0.3) is 0 Å². The maximum atomic E-state index is 12.7. The van der Waals surface area contributed by atoms with Crippen LogP contribution in [0.1, 0.15) is 15.2 Å². The van der Waals surface area contributed by atoms with Crippen molar-refractivity contribution < 1.29 is 4.79 Å². The molecule has 0 aliphatic carbocycles. The summed E-state index contributed by atoms with van der Waals surface area (Å²) in [5.74, 6) is -0.214. The zero-order valence-electron chi connectivity index (χ0n) is 12.1. The molecule has 0 aliphatic rings. The van der Waals surface area contributed by atoms with Gasteiger partial charge in [0.25, 0.3) is 0 Å². The molecule has 0 fully saturated rings. The van der Waals surface area contributed by atoms with Crippen molar-refractivity contribution in [2.75, 3.05) is 11.1 Å². The van der Waals surface area contributed by atoms with Crippen LogP contribution < -0.4 is 11.1 Å². The number of nitrogens with zero attached hydrogens (tertiary/aromatic N) is 1. The van der Waals surface area contributed by atoms with E-state index in [1.165, 1.54) is 0 Å². The third-order valence-corrected chi connectivity index (χ3v) is 5.08. The number of nitrogens with one attached hydrogen (secondary N) is 1. The van der Waals surface area contributed by atoms with Gasteiger partial charge >= 0.3 is 0 Å². The van der Waals surface area contributed by atoms with Crippen molar-refractivity contribution in [2.45, 2.75) is 4.90 Å². The summed E-state index contributed by atoms with van der Waals surface area (Å²) >= 11 is 17.6. The van der Waals surface area contributed by atoms with Crippen LogP contribution >= 0.6 is 47.2 Å². The normalized spacial score (nSPS) is 10.6. The standard InChI is InChI=1S/C16H11Cl2N3OS2/c17-10-2-1-3-11(18)12(10)13(22)14-15(19)21-16(24-14)20-8-4-6-9(23)7-5-8/h1-7,23H,19H2,(H,20,21). The molecule has 3 aromatic rings.